The summed E-state index contributed by atoms with van der Waals surface area (Å²) in [5, 5.41) is 22.1. The highest BCUT2D eigenvalue weighted by atomic mass is 16.6. The van der Waals surface area contributed by atoms with Crippen molar-refractivity contribution in [2.24, 2.45) is 0 Å². The average molecular weight is 1420 g/mol. The summed E-state index contributed by atoms with van der Waals surface area (Å²) in [7, 11) is 0. The number of hydrogen-bond acceptors (Lipinski definition) is 17. The van der Waals surface area contributed by atoms with Crippen molar-refractivity contribution in [2.45, 2.75) is 207 Å². The molecule has 0 heterocycles. The maximum absolute atomic E-state index is 14.5. The fourth-order valence-corrected chi connectivity index (χ4v) is 9.80. The number of rotatable bonds is 42. The van der Waals surface area contributed by atoms with Crippen molar-refractivity contribution < 1.29 is 81.1 Å². The molecule has 0 aromatic heterocycles. The van der Waals surface area contributed by atoms with Crippen LogP contribution in [0.4, 0.5) is 33.6 Å². The van der Waals surface area contributed by atoms with Crippen LogP contribution in [0, 0.1) is 0 Å². The van der Waals surface area contributed by atoms with E-state index in [9.17, 15) is 47.9 Å². The fourth-order valence-electron chi connectivity index (χ4n) is 9.80. The molecule has 10 amide bonds. The lowest BCUT2D eigenvalue weighted by molar-refractivity contribution is -0.130. The molecule has 0 aliphatic carbocycles. The number of ether oxygens (including phenoxy) is 7. The zero-order valence-corrected chi connectivity index (χ0v) is 61.0. The maximum Gasteiger partial charge on any atom is 0.410 e. The second-order valence-corrected chi connectivity index (χ2v) is 27.4. The summed E-state index contributed by atoms with van der Waals surface area (Å²) in [6.07, 6.45) is -0.482. The Labute approximate surface area is 601 Å². The quantitative estimate of drug-likeness (QED) is 0.0151. The van der Waals surface area contributed by atoms with Gasteiger partial charge >= 0.3 is 42.7 Å². The summed E-state index contributed by atoms with van der Waals surface area (Å²) in [6, 6.07) is 33.0. The Kier molecular flexibility index (Phi) is 38.6. The third kappa shape index (κ3) is 39.8. The van der Waals surface area contributed by atoms with Gasteiger partial charge < -0.3 is 85.5 Å². The van der Waals surface area contributed by atoms with Gasteiger partial charge in [0.2, 0.25) is 17.7 Å². The van der Waals surface area contributed by atoms with Gasteiger partial charge in [-0.25, -0.2) is 33.6 Å². The van der Waals surface area contributed by atoms with Crippen molar-refractivity contribution in [3.63, 3.8) is 0 Å². The topological polar surface area (TPSA) is 338 Å². The van der Waals surface area contributed by atoms with Crippen LogP contribution < -0.4 is 42.5 Å². The third-order valence-electron chi connectivity index (χ3n) is 14.9. The van der Waals surface area contributed by atoms with E-state index in [2.05, 4.69) is 42.5 Å². The summed E-state index contributed by atoms with van der Waals surface area (Å²) in [4.78, 5) is 137. The monoisotopic (exact) mass is 1420 g/mol. The molecular weight excluding hydrogens is 1310 g/mol. The van der Waals surface area contributed by atoms with E-state index in [0.717, 1.165) is 16.7 Å². The normalized spacial score (nSPS) is 12.1. The lowest BCUT2D eigenvalue weighted by atomic mass is 10.1. The SMILES string of the molecule is CC(C)(C)OC(=O)NCCCN(CCCCN(CCCNC(=O)[C@H](CCCCNC(=O)[C@H](CCCCNC(=O)OCc1ccccc1)NC(=O)OCc1ccccc1)NC(=O)[C@H](CCCCNC(=O)OCc1ccccc1)NC(=O)OCc1ccccc1)C(=O)OC(C)(C)C)C(=O)OC(C)(C)C. The van der Waals surface area contributed by atoms with Crippen LogP contribution in [0.1, 0.15) is 168 Å². The Balaban J connectivity index is 1.46. The van der Waals surface area contributed by atoms with Gasteiger partial charge in [-0.2, -0.15) is 0 Å². The first kappa shape index (κ1) is 84.6. The molecule has 8 N–H and O–H groups in total. The summed E-state index contributed by atoms with van der Waals surface area (Å²) < 4.78 is 38.4. The van der Waals surface area contributed by atoms with Gasteiger partial charge in [-0.1, -0.05) is 121 Å². The van der Waals surface area contributed by atoms with Gasteiger partial charge in [-0.05, 0) is 168 Å². The standard InChI is InChI=1S/C75H110N10O17/c1-73(2,3)100-68(91)80-47-31-51-85(72(95)102-75(7,8)9)49-29-28-48-84(71(94)101-74(4,5)6)50-30-46-77-63(86)60(81-65(88)62(83-70(93)99-55-59-38-20-13-21-39-59)42-24-27-45-79-67(90)97-53-57-34-16-11-17-35-57)40-22-25-43-76-64(87)61(82-69(92)98-54-58-36-18-12-19-37-58)41-23-26-44-78-66(89)96-52-56-32-14-10-15-33-56/h10-21,32-39,60-62H,22-31,40-55H2,1-9H3,(H,76,87)(H,77,86)(H,78,89)(H,79,90)(H,80,91)(H,81,88)(H,82,92)(H,83,93)/t60-,61-,62-/m0/s1. The van der Waals surface area contributed by atoms with E-state index < -0.39 is 95.3 Å². The number of amides is 10. The lowest BCUT2D eigenvalue weighted by Crippen LogP contribution is -2.54. The van der Waals surface area contributed by atoms with Gasteiger partial charge in [0.1, 0.15) is 61.4 Å². The Morgan fingerprint density at radius 3 is 0.922 bits per heavy atom. The Bertz CT molecular complexity index is 3150. The molecule has 0 aliphatic rings. The van der Waals surface area contributed by atoms with Crippen molar-refractivity contribution in [2.75, 3.05) is 58.9 Å². The Hall–Kier alpha value is -9.82. The number of unbranched alkanes of at least 4 members (excludes halogenated alkanes) is 4. The van der Waals surface area contributed by atoms with Crippen molar-refractivity contribution in [1.29, 1.82) is 0 Å². The number of carbonyl (C=O) groups is 10. The van der Waals surface area contributed by atoms with Gasteiger partial charge in [0.15, 0.2) is 0 Å². The van der Waals surface area contributed by atoms with Gasteiger partial charge in [0, 0.05) is 58.9 Å². The summed E-state index contributed by atoms with van der Waals surface area (Å²) in [5.74, 6) is -1.76. The molecule has 562 valence electrons. The second-order valence-electron chi connectivity index (χ2n) is 27.4. The minimum atomic E-state index is -1.21. The molecule has 27 heteroatoms. The number of alkyl carbamates (subject to hydrolysis) is 5. The first-order valence-corrected chi connectivity index (χ1v) is 35.2. The van der Waals surface area contributed by atoms with Crippen LogP contribution in [0.25, 0.3) is 0 Å². The molecular formula is C75H110N10O17. The lowest BCUT2D eigenvalue weighted by Gasteiger charge is -2.29. The van der Waals surface area contributed by atoms with Crippen molar-refractivity contribution in [3.8, 4) is 0 Å². The molecule has 0 bridgehead atoms. The number of carbonyl (C=O) groups excluding carboxylic acids is 10. The molecule has 0 fully saturated rings. The van der Waals surface area contributed by atoms with E-state index in [1.165, 1.54) is 4.90 Å². The first-order chi connectivity index (χ1) is 48.6. The smallest absolute Gasteiger partial charge is 0.410 e. The predicted octanol–water partition coefficient (Wildman–Crippen LogP) is 11.2. The van der Waals surface area contributed by atoms with Crippen LogP contribution >= 0.6 is 0 Å². The zero-order chi connectivity index (χ0) is 74.6. The van der Waals surface area contributed by atoms with Gasteiger partial charge in [0.05, 0.1) is 0 Å². The highest BCUT2D eigenvalue weighted by Crippen LogP contribution is 2.16. The molecule has 0 radical (unpaired) electrons. The van der Waals surface area contributed by atoms with E-state index in [-0.39, 0.29) is 117 Å². The molecule has 4 aromatic carbocycles. The van der Waals surface area contributed by atoms with Crippen LogP contribution in [0.3, 0.4) is 0 Å². The van der Waals surface area contributed by atoms with Crippen LogP contribution in [-0.2, 0) is 74.0 Å². The van der Waals surface area contributed by atoms with Crippen LogP contribution in [0.15, 0.2) is 121 Å². The minimum absolute atomic E-state index is 0.0343. The Morgan fingerprint density at radius 2 is 0.578 bits per heavy atom. The highest BCUT2D eigenvalue weighted by Gasteiger charge is 2.29. The van der Waals surface area contributed by atoms with E-state index >= 15 is 0 Å². The Morgan fingerprint density at radius 1 is 0.304 bits per heavy atom. The summed E-state index contributed by atoms with van der Waals surface area (Å²) in [5.41, 5.74) is 0.814. The van der Waals surface area contributed by atoms with Crippen molar-refractivity contribution >= 4 is 60.4 Å². The van der Waals surface area contributed by atoms with Gasteiger partial charge in [0.25, 0.3) is 0 Å². The number of benzene rings is 4. The van der Waals surface area contributed by atoms with Crippen LogP contribution in [0.2, 0.25) is 0 Å². The molecule has 0 spiro atoms. The molecule has 3 atom stereocenters. The van der Waals surface area contributed by atoms with E-state index in [1.807, 2.05) is 84.9 Å². The first-order valence-electron chi connectivity index (χ1n) is 35.2. The van der Waals surface area contributed by atoms with Gasteiger partial charge in [-0.15, -0.1) is 0 Å². The summed E-state index contributed by atoms with van der Waals surface area (Å²) in [6.45, 7) is 17.7. The molecule has 4 aromatic rings. The van der Waals surface area contributed by atoms with Crippen LogP contribution in [-0.4, -0.2) is 164 Å². The minimum Gasteiger partial charge on any atom is -0.445 e. The molecule has 0 saturated heterocycles. The van der Waals surface area contributed by atoms with E-state index in [1.54, 1.807) is 104 Å². The van der Waals surface area contributed by atoms with Gasteiger partial charge in [-0.3, -0.25) is 14.4 Å². The molecule has 0 unspecified atom stereocenters. The van der Waals surface area contributed by atoms with E-state index in [0.29, 0.717) is 56.9 Å². The molecule has 4 rings (SSSR count). The zero-order valence-electron chi connectivity index (χ0n) is 61.0. The van der Waals surface area contributed by atoms with E-state index in [4.69, 9.17) is 33.2 Å². The second kappa shape index (κ2) is 46.6. The largest absolute Gasteiger partial charge is 0.445 e. The number of hydrogen-bond donors (Lipinski definition) is 8. The molecule has 102 heavy (non-hydrogen) atoms. The van der Waals surface area contributed by atoms with Crippen LogP contribution in [0.5, 0.6) is 0 Å². The predicted molar refractivity (Wildman–Crippen MR) is 384 cm³/mol. The summed E-state index contributed by atoms with van der Waals surface area (Å²) >= 11 is 0. The number of nitrogens with zero attached hydrogens (tertiary/aromatic N) is 2. The number of nitrogens with one attached hydrogen (secondary N) is 8. The molecule has 0 saturated carbocycles. The van der Waals surface area contributed by atoms with Crippen molar-refractivity contribution in [1.82, 2.24) is 52.3 Å². The third-order valence-corrected chi connectivity index (χ3v) is 14.9. The average Bonchev–Trinajstić information content (AvgIpc) is 0.912. The maximum atomic E-state index is 14.5. The van der Waals surface area contributed by atoms with Crippen molar-refractivity contribution in [3.05, 3.63) is 144 Å². The molecule has 0 aliphatic heterocycles. The fraction of sp³-hybridized carbons (Fsp3) is 0.547. The highest BCUT2D eigenvalue weighted by molar-refractivity contribution is 5.91. The molecule has 27 nitrogen and oxygen atoms in total.